The van der Waals surface area contributed by atoms with Crippen LogP contribution in [0.4, 0.5) is 9.18 Å². The molecule has 1 aromatic carbocycles. The first-order chi connectivity index (χ1) is 10.7. The number of amides is 2. The zero-order valence-corrected chi connectivity index (χ0v) is 14.7. The van der Waals surface area contributed by atoms with E-state index in [0.29, 0.717) is 5.56 Å². The summed E-state index contributed by atoms with van der Waals surface area (Å²) < 4.78 is 13.3. The number of nitrogens with zero attached hydrogens (tertiary/aromatic N) is 1. The number of halogens is 1. The molecule has 0 spiro atoms. The van der Waals surface area contributed by atoms with Gasteiger partial charge in [-0.2, -0.15) is 0 Å². The number of hydrogen-bond donors (Lipinski definition) is 2. The molecule has 1 aliphatic rings. The van der Waals surface area contributed by atoms with Crippen LogP contribution in [0.2, 0.25) is 0 Å². The van der Waals surface area contributed by atoms with Crippen molar-refractivity contribution < 1.29 is 9.18 Å². The van der Waals surface area contributed by atoms with Gasteiger partial charge >= 0.3 is 6.03 Å². The predicted octanol–water partition coefficient (Wildman–Crippen LogP) is 3.37. The first-order valence-corrected chi connectivity index (χ1v) is 8.25. The summed E-state index contributed by atoms with van der Waals surface area (Å²) in [5.74, 6) is -0.223. The minimum Gasteiger partial charge on any atom is -0.334 e. The monoisotopic (exact) mass is 321 g/mol. The van der Waals surface area contributed by atoms with Gasteiger partial charge in [0.2, 0.25) is 0 Å². The first-order valence-electron chi connectivity index (χ1n) is 8.25. The molecule has 2 atom stereocenters. The summed E-state index contributed by atoms with van der Waals surface area (Å²) in [5, 5.41) is 5.97. The van der Waals surface area contributed by atoms with Gasteiger partial charge in [0.1, 0.15) is 5.82 Å². The van der Waals surface area contributed by atoms with Gasteiger partial charge in [0, 0.05) is 24.7 Å². The summed E-state index contributed by atoms with van der Waals surface area (Å²) in [4.78, 5) is 14.6. The van der Waals surface area contributed by atoms with Crippen molar-refractivity contribution in [3.63, 3.8) is 0 Å². The number of likely N-dealkylation sites (tertiary alicyclic amines) is 1. The summed E-state index contributed by atoms with van der Waals surface area (Å²) in [7, 11) is 0. The number of carbonyl (C=O) groups is 1. The summed E-state index contributed by atoms with van der Waals surface area (Å²) >= 11 is 0. The van der Waals surface area contributed by atoms with Gasteiger partial charge in [0.15, 0.2) is 0 Å². The van der Waals surface area contributed by atoms with Crippen LogP contribution in [0.1, 0.15) is 51.3 Å². The van der Waals surface area contributed by atoms with E-state index in [1.807, 2.05) is 6.92 Å². The normalized spacial score (nSPS) is 20.3. The Labute approximate surface area is 138 Å². The molecule has 0 bridgehead atoms. The van der Waals surface area contributed by atoms with E-state index in [0.717, 1.165) is 25.1 Å². The maximum Gasteiger partial charge on any atom is 0.315 e. The van der Waals surface area contributed by atoms with Crippen molar-refractivity contribution in [2.24, 2.45) is 0 Å². The lowest BCUT2D eigenvalue weighted by atomic mass is 10.1. The van der Waals surface area contributed by atoms with Gasteiger partial charge in [-0.15, -0.1) is 0 Å². The minimum atomic E-state index is -0.223. The summed E-state index contributed by atoms with van der Waals surface area (Å²) in [6, 6.07) is 4.78. The second-order valence-corrected chi connectivity index (χ2v) is 7.45. The largest absolute Gasteiger partial charge is 0.334 e. The quantitative estimate of drug-likeness (QED) is 0.896. The Bertz CT molecular complexity index is 568. The Kier molecular flexibility index (Phi) is 5.30. The number of hydrogen-bond acceptors (Lipinski definition) is 2. The Hall–Kier alpha value is -1.62. The molecule has 0 radical (unpaired) electrons. The third-order valence-corrected chi connectivity index (χ3v) is 4.50. The Morgan fingerprint density at radius 2 is 2.09 bits per heavy atom. The van der Waals surface area contributed by atoms with Crippen molar-refractivity contribution in [2.75, 3.05) is 13.1 Å². The van der Waals surface area contributed by atoms with Crippen LogP contribution in [0.5, 0.6) is 0 Å². The minimum absolute atomic E-state index is 0.131. The van der Waals surface area contributed by atoms with Crippen LogP contribution in [0.3, 0.4) is 0 Å². The Balaban J connectivity index is 1.86. The highest BCUT2D eigenvalue weighted by molar-refractivity contribution is 5.74. The van der Waals surface area contributed by atoms with Crippen molar-refractivity contribution in [1.82, 2.24) is 15.5 Å². The fourth-order valence-electron chi connectivity index (χ4n) is 2.93. The average molecular weight is 321 g/mol. The summed E-state index contributed by atoms with van der Waals surface area (Å²) in [6.07, 6.45) is 0.967. The summed E-state index contributed by atoms with van der Waals surface area (Å²) in [6.45, 7) is 12.1. The number of urea groups is 1. The lowest BCUT2D eigenvalue weighted by molar-refractivity contribution is 0.170. The lowest BCUT2D eigenvalue weighted by Gasteiger charge is -2.31. The number of aryl methyl sites for hydroxylation is 1. The molecule has 4 nitrogen and oxygen atoms in total. The molecule has 5 heteroatoms. The topological polar surface area (TPSA) is 44.4 Å². The molecule has 1 saturated heterocycles. The molecule has 1 fully saturated rings. The number of benzene rings is 1. The van der Waals surface area contributed by atoms with Crippen molar-refractivity contribution in [3.8, 4) is 0 Å². The van der Waals surface area contributed by atoms with Crippen LogP contribution in [0, 0.1) is 12.7 Å². The standard InChI is InChI=1S/C18H28FN3O/c1-12-10-14(6-7-16(12)19)13(2)20-17(23)21-15-8-9-22(11-15)18(3,4)5/h6-7,10,13,15H,8-9,11H2,1-5H3,(H2,20,21,23)/t13-,15?/m1/s1. The van der Waals surface area contributed by atoms with Crippen molar-refractivity contribution >= 4 is 6.03 Å². The SMILES string of the molecule is Cc1cc([C@@H](C)NC(=O)NC2CCN(C(C)(C)C)C2)ccc1F. The Morgan fingerprint density at radius 3 is 2.65 bits per heavy atom. The second-order valence-electron chi connectivity index (χ2n) is 7.45. The highest BCUT2D eigenvalue weighted by Crippen LogP contribution is 2.20. The molecule has 0 aromatic heterocycles. The highest BCUT2D eigenvalue weighted by atomic mass is 19.1. The molecule has 2 amide bonds. The number of rotatable bonds is 3. The smallest absolute Gasteiger partial charge is 0.315 e. The van der Waals surface area contributed by atoms with Crippen LogP contribution in [-0.2, 0) is 0 Å². The average Bonchev–Trinajstić information content (AvgIpc) is 2.90. The van der Waals surface area contributed by atoms with E-state index in [1.165, 1.54) is 6.07 Å². The van der Waals surface area contributed by atoms with Gasteiger partial charge in [-0.05, 0) is 58.2 Å². The number of carbonyl (C=O) groups excluding carboxylic acids is 1. The molecule has 1 unspecified atom stereocenters. The molecule has 23 heavy (non-hydrogen) atoms. The molecule has 128 valence electrons. The third kappa shape index (κ3) is 4.67. The number of nitrogens with one attached hydrogen (secondary N) is 2. The molecule has 1 aliphatic heterocycles. The zero-order valence-electron chi connectivity index (χ0n) is 14.7. The van der Waals surface area contributed by atoms with Gasteiger partial charge in [0.25, 0.3) is 0 Å². The van der Waals surface area contributed by atoms with Crippen LogP contribution < -0.4 is 10.6 Å². The highest BCUT2D eigenvalue weighted by Gasteiger charge is 2.31. The van der Waals surface area contributed by atoms with Crippen molar-refractivity contribution in [3.05, 3.63) is 35.1 Å². The zero-order chi connectivity index (χ0) is 17.2. The predicted molar refractivity (Wildman–Crippen MR) is 91.0 cm³/mol. The molecule has 0 aliphatic carbocycles. The van der Waals surface area contributed by atoms with E-state index >= 15 is 0 Å². The summed E-state index contributed by atoms with van der Waals surface area (Å²) in [5.41, 5.74) is 1.63. The van der Waals surface area contributed by atoms with E-state index < -0.39 is 0 Å². The van der Waals surface area contributed by atoms with Crippen molar-refractivity contribution in [1.29, 1.82) is 0 Å². The Morgan fingerprint density at radius 1 is 1.39 bits per heavy atom. The van der Waals surface area contributed by atoms with Crippen LogP contribution >= 0.6 is 0 Å². The van der Waals surface area contributed by atoms with E-state index in [9.17, 15) is 9.18 Å². The molecular formula is C18H28FN3O. The van der Waals surface area contributed by atoms with Gasteiger partial charge in [-0.3, -0.25) is 4.90 Å². The first kappa shape index (κ1) is 17.7. The third-order valence-electron chi connectivity index (χ3n) is 4.50. The maximum absolute atomic E-state index is 13.3. The second kappa shape index (κ2) is 6.87. The van der Waals surface area contributed by atoms with Gasteiger partial charge in [-0.25, -0.2) is 9.18 Å². The lowest BCUT2D eigenvalue weighted by Crippen LogP contribution is -2.46. The fraction of sp³-hybridized carbons (Fsp3) is 0.611. The molecule has 2 rings (SSSR count). The van der Waals surface area contributed by atoms with E-state index in [1.54, 1.807) is 19.1 Å². The van der Waals surface area contributed by atoms with Crippen LogP contribution in [-0.4, -0.2) is 35.6 Å². The molecular weight excluding hydrogens is 293 g/mol. The fourth-order valence-corrected chi connectivity index (χ4v) is 2.93. The van der Waals surface area contributed by atoms with Gasteiger partial charge in [-0.1, -0.05) is 12.1 Å². The van der Waals surface area contributed by atoms with Gasteiger partial charge in [0.05, 0.1) is 6.04 Å². The molecule has 0 saturated carbocycles. The molecule has 1 heterocycles. The van der Waals surface area contributed by atoms with E-state index in [-0.39, 0.29) is 29.5 Å². The van der Waals surface area contributed by atoms with E-state index in [4.69, 9.17) is 0 Å². The molecule has 1 aromatic rings. The van der Waals surface area contributed by atoms with Gasteiger partial charge < -0.3 is 10.6 Å². The van der Waals surface area contributed by atoms with Crippen molar-refractivity contribution in [2.45, 2.75) is 58.7 Å². The molecule has 2 N–H and O–H groups in total. The maximum atomic E-state index is 13.3. The van der Waals surface area contributed by atoms with E-state index in [2.05, 4.69) is 36.3 Å². The van der Waals surface area contributed by atoms with Crippen LogP contribution in [0.25, 0.3) is 0 Å². The van der Waals surface area contributed by atoms with Crippen LogP contribution in [0.15, 0.2) is 18.2 Å².